The van der Waals surface area contributed by atoms with E-state index >= 15 is 0 Å². The van der Waals surface area contributed by atoms with Gasteiger partial charge in [0.05, 0.1) is 20.8 Å². The van der Waals surface area contributed by atoms with Gasteiger partial charge in [0, 0.05) is 18.8 Å². The van der Waals surface area contributed by atoms with Crippen molar-refractivity contribution >= 4 is 11.8 Å². The summed E-state index contributed by atoms with van der Waals surface area (Å²) in [5.74, 6) is 1.77. The van der Waals surface area contributed by atoms with Crippen molar-refractivity contribution in [1.82, 2.24) is 15.1 Å². The van der Waals surface area contributed by atoms with E-state index in [-0.39, 0.29) is 6.03 Å². The molecule has 0 saturated carbocycles. The standard InChI is InChI=1S/C20H22N4O3/c1-26-17-9-8-16(12-18(17)27-2)13-21-20(25)22-19-10-11-24(23-19)14-15-6-4-3-5-7-15/h3-12H,13-14H2,1-2H3,(H2,21,22,23,25). The molecule has 0 atom stereocenters. The van der Waals surface area contributed by atoms with Crippen molar-refractivity contribution in [3.05, 3.63) is 71.9 Å². The summed E-state index contributed by atoms with van der Waals surface area (Å²) in [6, 6.07) is 17.0. The molecule has 0 aliphatic heterocycles. The van der Waals surface area contributed by atoms with Crippen LogP contribution in [0.15, 0.2) is 60.8 Å². The minimum absolute atomic E-state index is 0.324. The summed E-state index contributed by atoms with van der Waals surface area (Å²) in [7, 11) is 3.16. The molecule has 0 aliphatic rings. The van der Waals surface area contributed by atoms with Crippen LogP contribution in [0.25, 0.3) is 0 Å². The van der Waals surface area contributed by atoms with Gasteiger partial charge in [-0.25, -0.2) is 4.79 Å². The number of hydrogen-bond donors (Lipinski definition) is 2. The molecule has 140 valence electrons. The first-order valence-corrected chi connectivity index (χ1v) is 8.51. The maximum absolute atomic E-state index is 12.1. The average molecular weight is 366 g/mol. The Morgan fingerprint density at radius 1 is 1.00 bits per heavy atom. The summed E-state index contributed by atoms with van der Waals surface area (Å²) in [5, 5.41) is 9.89. The molecule has 1 aromatic heterocycles. The van der Waals surface area contributed by atoms with Crippen LogP contribution in [0.5, 0.6) is 11.5 Å². The first-order valence-electron chi connectivity index (χ1n) is 8.51. The number of carbonyl (C=O) groups is 1. The highest BCUT2D eigenvalue weighted by Gasteiger charge is 2.08. The lowest BCUT2D eigenvalue weighted by Crippen LogP contribution is -2.28. The molecular formula is C20H22N4O3. The molecule has 7 nitrogen and oxygen atoms in total. The number of nitrogens with zero attached hydrogens (tertiary/aromatic N) is 2. The van der Waals surface area contributed by atoms with Crippen LogP contribution < -0.4 is 20.1 Å². The van der Waals surface area contributed by atoms with Crippen molar-refractivity contribution < 1.29 is 14.3 Å². The molecule has 3 rings (SSSR count). The lowest BCUT2D eigenvalue weighted by Gasteiger charge is -2.10. The molecule has 0 aliphatic carbocycles. The summed E-state index contributed by atoms with van der Waals surface area (Å²) in [5.41, 5.74) is 2.04. The van der Waals surface area contributed by atoms with Gasteiger partial charge >= 0.3 is 6.03 Å². The van der Waals surface area contributed by atoms with Crippen LogP contribution in [-0.4, -0.2) is 30.0 Å². The van der Waals surface area contributed by atoms with Gasteiger partial charge in [-0.15, -0.1) is 0 Å². The van der Waals surface area contributed by atoms with Gasteiger partial charge in [-0.1, -0.05) is 36.4 Å². The number of hydrogen-bond acceptors (Lipinski definition) is 4. The molecule has 0 unspecified atom stereocenters. The van der Waals surface area contributed by atoms with Crippen LogP contribution in [0, 0.1) is 0 Å². The van der Waals surface area contributed by atoms with E-state index in [1.807, 2.05) is 48.7 Å². The lowest BCUT2D eigenvalue weighted by molar-refractivity contribution is 0.251. The summed E-state index contributed by atoms with van der Waals surface area (Å²) in [6.45, 7) is 1.01. The first-order chi connectivity index (χ1) is 13.2. The fourth-order valence-electron chi connectivity index (χ4n) is 2.62. The largest absolute Gasteiger partial charge is 0.493 e. The van der Waals surface area contributed by atoms with E-state index < -0.39 is 0 Å². The van der Waals surface area contributed by atoms with Gasteiger partial charge in [0.2, 0.25) is 0 Å². The molecule has 2 amide bonds. The third-order valence-corrected chi connectivity index (χ3v) is 3.97. The molecule has 0 saturated heterocycles. The highest BCUT2D eigenvalue weighted by atomic mass is 16.5. The number of anilines is 1. The third-order valence-electron chi connectivity index (χ3n) is 3.97. The van der Waals surface area contributed by atoms with Gasteiger partial charge in [-0.05, 0) is 23.3 Å². The SMILES string of the molecule is COc1ccc(CNC(=O)Nc2ccn(Cc3ccccc3)n2)cc1OC. The third kappa shape index (κ3) is 5.01. The van der Waals surface area contributed by atoms with Gasteiger partial charge in [0.25, 0.3) is 0 Å². The number of ether oxygens (including phenoxy) is 2. The Morgan fingerprint density at radius 2 is 1.78 bits per heavy atom. The van der Waals surface area contributed by atoms with Crippen molar-refractivity contribution in [1.29, 1.82) is 0 Å². The summed E-state index contributed by atoms with van der Waals surface area (Å²) < 4.78 is 12.2. The number of benzene rings is 2. The van der Waals surface area contributed by atoms with Crippen molar-refractivity contribution in [3.63, 3.8) is 0 Å². The number of amides is 2. The van der Waals surface area contributed by atoms with E-state index in [1.165, 1.54) is 0 Å². The normalized spacial score (nSPS) is 10.3. The smallest absolute Gasteiger partial charge is 0.320 e. The van der Waals surface area contributed by atoms with Crippen LogP contribution in [-0.2, 0) is 13.1 Å². The minimum Gasteiger partial charge on any atom is -0.493 e. The van der Waals surface area contributed by atoms with Crippen molar-refractivity contribution in [3.8, 4) is 11.5 Å². The Kier molecular flexibility index (Phi) is 5.94. The fraction of sp³-hybridized carbons (Fsp3) is 0.200. The predicted octanol–water partition coefficient (Wildman–Crippen LogP) is 3.27. The topological polar surface area (TPSA) is 77.4 Å². The van der Waals surface area contributed by atoms with Gasteiger partial charge in [0.15, 0.2) is 17.3 Å². The summed E-state index contributed by atoms with van der Waals surface area (Å²) >= 11 is 0. The van der Waals surface area contributed by atoms with Crippen molar-refractivity contribution in [2.24, 2.45) is 0 Å². The van der Waals surface area contributed by atoms with Gasteiger partial charge in [-0.2, -0.15) is 5.10 Å². The molecule has 2 aromatic carbocycles. The number of methoxy groups -OCH3 is 2. The zero-order valence-electron chi connectivity index (χ0n) is 15.3. The fourth-order valence-corrected chi connectivity index (χ4v) is 2.62. The van der Waals surface area contributed by atoms with E-state index in [0.717, 1.165) is 11.1 Å². The molecule has 0 fully saturated rings. The van der Waals surface area contributed by atoms with E-state index in [1.54, 1.807) is 31.0 Å². The van der Waals surface area contributed by atoms with Crippen molar-refractivity contribution in [2.75, 3.05) is 19.5 Å². The monoisotopic (exact) mass is 366 g/mol. The maximum Gasteiger partial charge on any atom is 0.320 e. The molecule has 0 radical (unpaired) electrons. The summed E-state index contributed by atoms with van der Waals surface area (Å²) in [6.07, 6.45) is 1.83. The van der Waals surface area contributed by atoms with Gasteiger partial charge in [-0.3, -0.25) is 10.00 Å². The highest BCUT2D eigenvalue weighted by molar-refractivity contribution is 5.88. The number of rotatable bonds is 7. The Morgan fingerprint density at radius 3 is 2.52 bits per heavy atom. The highest BCUT2D eigenvalue weighted by Crippen LogP contribution is 2.27. The Hall–Kier alpha value is -3.48. The quantitative estimate of drug-likeness (QED) is 0.673. The second kappa shape index (κ2) is 8.75. The van der Waals surface area contributed by atoms with Gasteiger partial charge < -0.3 is 14.8 Å². The second-order valence-electron chi connectivity index (χ2n) is 5.88. The van der Waals surface area contributed by atoms with Gasteiger partial charge in [0.1, 0.15) is 0 Å². The van der Waals surface area contributed by atoms with Crippen LogP contribution in [0.3, 0.4) is 0 Å². The average Bonchev–Trinajstić information content (AvgIpc) is 3.13. The van der Waals surface area contributed by atoms with Crippen LogP contribution >= 0.6 is 0 Å². The molecule has 3 aromatic rings. The zero-order valence-corrected chi connectivity index (χ0v) is 15.3. The van der Waals surface area contributed by atoms with E-state index in [4.69, 9.17) is 9.47 Å². The van der Waals surface area contributed by atoms with E-state index in [2.05, 4.69) is 15.7 Å². The molecule has 27 heavy (non-hydrogen) atoms. The Labute approximate surface area is 157 Å². The summed E-state index contributed by atoms with van der Waals surface area (Å²) in [4.78, 5) is 12.1. The van der Waals surface area contributed by atoms with Crippen molar-refractivity contribution in [2.45, 2.75) is 13.1 Å². The van der Waals surface area contributed by atoms with E-state index in [0.29, 0.717) is 30.4 Å². The molecule has 2 N–H and O–H groups in total. The molecule has 0 spiro atoms. The molecule has 1 heterocycles. The van der Waals surface area contributed by atoms with Crippen LogP contribution in [0.4, 0.5) is 10.6 Å². The predicted molar refractivity (Wildman–Crippen MR) is 103 cm³/mol. The number of carbonyl (C=O) groups excluding carboxylic acids is 1. The molecule has 0 bridgehead atoms. The van der Waals surface area contributed by atoms with Crippen LogP contribution in [0.1, 0.15) is 11.1 Å². The Bertz CT molecular complexity index is 893. The maximum atomic E-state index is 12.1. The zero-order chi connectivity index (χ0) is 19.1. The molecular weight excluding hydrogens is 344 g/mol. The molecule has 7 heteroatoms. The lowest BCUT2D eigenvalue weighted by atomic mass is 10.2. The number of aromatic nitrogens is 2. The Balaban J connectivity index is 1.52. The minimum atomic E-state index is -0.324. The van der Waals surface area contributed by atoms with E-state index in [9.17, 15) is 4.79 Å². The number of nitrogens with one attached hydrogen (secondary N) is 2. The second-order valence-corrected chi connectivity index (χ2v) is 5.88. The van der Waals surface area contributed by atoms with Crippen LogP contribution in [0.2, 0.25) is 0 Å². The first kappa shape index (κ1) is 18.3. The number of urea groups is 1.